The molecule has 3 atom stereocenters. The summed E-state index contributed by atoms with van der Waals surface area (Å²) < 4.78 is 5.64. The smallest absolute Gasteiger partial charge is 0.104 e. The summed E-state index contributed by atoms with van der Waals surface area (Å²) in [5.74, 6) is -0.0839. The van der Waals surface area contributed by atoms with Gasteiger partial charge in [0.05, 0.1) is 29.4 Å². The molecule has 1 aliphatic rings. The van der Waals surface area contributed by atoms with Gasteiger partial charge in [-0.2, -0.15) is 0 Å². The number of nitrogens with one attached hydrogen (secondary N) is 1. The third-order valence-electron chi connectivity index (χ3n) is 3.29. The molecule has 0 bridgehead atoms. The summed E-state index contributed by atoms with van der Waals surface area (Å²) in [6.45, 7) is 1.54. The summed E-state index contributed by atoms with van der Waals surface area (Å²) in [6, 6.07) is 5.38. The van der Waals surface area contributed by atoms with E-state index < -0.39 is 12.2 Å². The second kappa shape index (κ2) is 6.88. The number of benzene rings is 1. The molecule has 1 saturated heterocycles. The normalized spacial score (nSPS) is 25.9. The van der Waals surface area contributed by atoms with E-state index in [0.29, 0.717) is 29.7 Å². The molecule has 3 N–H and O–H groups in total. The highest BCUT2D eigenvalue weighted by molar-refractivity contribution is 6.42. The van der Waals surface area contributed by atoms with E-state index in [2.05, 4.69) is 5.32 Å². The summed E-state index contributed by atoms with van der Waals surface area (Å²) in [5.41, 5.74) is 0.932. The number of hydrogen-bond acceptors (Lipinski definition) is 4. The molecule has 19 heavy (non-hydrogen) atoms. The van der Waals surface area contributed by atoms with Crippen molar-refractivity contribution in [2.45, 2.75) is 18.1 Å². The van der Waals surface area contributed by atoms with Crippen molar-refractivity contribution >= 4 is 23.2 Å². The van der Waals surface area contributed by atoms with E-state index in [0.717, 1.165) is 5.56 Å². The molecule has 0 radical (unpaired) electrons. The van der Waals surface area contributed by atoms with E-state index >= 15 is 0 Å². The molecule has 0 spiro atoms. The summed E-state index contributed by atoms with van der Waals surface area (Å²) in [5, 5.41) is 23.3. The molecule has 0 aromatic heterocycles. The summed E-state index contributed by atoms with van der Waals surface area (Å²) in [4.78, 5) is 0. The first-order valence-electron chi connectivity index (χ1n) is 6.19. The topological polar surface area (TPSA) is 61.7 Å². The number of rotatable bonds is 3. The number of hydrogen-bond donors (Lipinski definition) is 3. The first kappa shape index (κ1) is 15.0. The van der Waals surface area contributed by atoms with Gasteiger partial charge in [-0.1, -0.05) is 29.3 Å². The lowest BCUT2D eigenvalue weighted by atomic mass is 9.90. The van der Waals surface area contributed by atoms with Crippen LogP contribution in [-0.4, -0.2) is 48.7 Å². The molecule has 0 aliphatic carbocycles. The molecule has 106 valence electrons. The van der Waals surface area contributed by atoms with Gasteiger partial charge in [-0.3, -0.25) is 0 Å². The molecule has 0 saturated carbocycles. The van der Waals surface area contributed by atoms with Crippen molar-refractivity contribution in [2.75, 3.05) is 26.3 Å². The molecular formula is C13H17Cl2NO3. The molecule has 1 aromatic rings. The molecule has 1 fully saturated rings. The van der Waals surface area contributed by atoms with Crippen LogP contribution < -0.4 is 5.32 Å². The van der Waals surface area contributed by atoms with Crippen LogP contribution in [0.15, 0.2) is 18.2 Å². The number of aliphatic hydroxyl groups is 2. The van der Waals surface area contributed by atoms with Crippen LogP contribution in [0.3, 0.4) is 0 Å². The maximum atomic E-state index is 9.90. The summed E-state index contributed by atoms with van der Waals surface area (Å²) in [6.07, 6.45) is -1.38. The van der Waals surface area contributed by atoms with Crippen molar-refractivity contribution in [1.29, 1.82) is 0 Å². The SMILES string of the molecule is OCC(O)C1OCCNC[C@H]1c1ccc(Cl)c(Cl)c1. The van der Waals surface area contributed by atoms with Gasteiger partial charge >= 0.3 is 0 Å². The Balaban J connectivity index is 2.28. The van der Waals surface area contributed by atoms with Crippen LogP contribution in [0.25, 0.3) is 0 Å². The first-order valence-corrected chi connectivity index (χ1v) is 6.95. The Morgan fingerprint density at radius 3 is 2.84 bits per heavy atom. The fraction of sp³-hybridized carbons (Fsp3) is 0.538. The second-order valence-electron chi connectivity index (χ2n) is 4.57. The third kappa shape index (κ3) is 3.60. The lowest BCUT2D eigenvalue weighted by Crippen LogP contribution is -2.38. The van der Waals surface area contributed by atoms with E-state index in [-0.39, 0.29) is 12.5 Å². The van der Waals surface area contributed by atoms with Gasteiger partial charge < -0.3 is 20.3 Å². The van der Waals surface area contributed by atoms with Crippen LogP contribution in [0.1, 0.15) is 11.5 Å². The number of ether oxygens (including phenoxy) is 1. The zero-order chi connectivity index (χ0) is 13.8. The lowest BCUT2D eigenvalue weighted by molar-refractivity contribution is -0.0609. The molecule has 1 aliphatic heterocycles. The van der Waals surface area contributed by atoms with Crippen LogP contribution in [0.4, 0.5) is 0 Å². The maximum absolute atomic E-state index is 9.90. The highest BCUT2D eigenvalue weighted by Crippen LogP contribution is 2.30. The zero-order valence-corrected chi connectivity index (χ0v) is 11.9. The minimum Gasteiger partial charge on any atom is -0.394 e. The van der Waals surface area contributed by atoms with Crippen molar-refractivity contribution < 1.29 is 14.9 Å². The molecule has 4 nitrogen and oxygen atoms in total. The Morgan fingerprint density at radius 2 is 2.16 bits per heavy atom. The van der Waals surface area contributed by atoms with Gasteiger partial charge in [0.1, 0.15) is 6.10 Å². The van der Waals surface area contributed by atoms with Crippen LogP contribution in [0, 0.1) is 0 Å². The molecule has 2 rings (SSSR count). The fourth-order valence-electron chi connectivity index (χ4n) is 2.29. The second-order valence-corrected chi connectivity index (χ2v) is 5.38. The average Bonchev–Trinajstić information content (AvgIpc) is 2.66. The average molecular weight is 306 g/mol. The monoisotopic (exact) mass is 305 g/mol. The molecular weight excluding hydrogens is 289 g/mol. The minimum atomic E-state index is -0.917. The van der Waals surface area contributed by atoms with Crippen LogP contribution in [0.5, 0.6) is 0 Å². The van der Waals surface area contributed by atoms with Crippen LogP contribution in [-0.2, 0) is 4.74 Å². The molecule has 1 aromatic carbocycles. The van der Waals surface area contributed by atoms with E-state index in [4.69, 9.17) is 33.0 Å². The van der Waals surface area contributed by atoms with Crippen LogP contribution in [0.2, 0.25) is 10.0 Å². The molecule has 6 heteroatoms. The standard InChI is InChI=1S/C13H17Cl2NO3/c14-10-2-1-8(5-11(10)15)9-6-16-3-4-19-13(9)12(18)7-17/h1-2,5,9,12-13,16-18H,3-4,6-7H2/t9-,12?,13?/m0/s1. The summed E-state index contributed by atoms with van der Waals surface area (Å²) >= 11 is 11.9. The zero-order valence-electron chi connectivity index (χ0n) is 10.4. The quantitative estimate of drug-likeness (QED) is 0.790. The largest absolute Gasteiger partial charge is 0.394 e. The van der Waals surface area contributed by atoms with Crippen LogP contribution >= 0.6 is 23.2 Å². The van der Waals surface area contributed by atoms with Gasteiger partial charge in [-0.25, -0.2) is 0 Å². The van der Waals surface area contributed by atoms with Gasteiger partial charge in [-0.05, 0) is 17.7 Å². The highest BCUT2D eigenvalue weighted by atomic mass is 35.5. The maximum Gasteiger partial charge on any atom is 0.104 e. The summed E-state index contributed by atoms with van der Waals surface area (Å²) in [7, 11) is 0. The van der Waals surface area contributed by atoms with Crippen molar-refractivity contribution in [2.24, 2.45) is 0 Å². The third-order valence-corrected chi connectivity index (χ3v) is 4.03. The molecule has 2 unspecified atom stereocenters. The number of aliphatic hydroxyl groups excluding tert-OH is 2. The molecule has 0 amide bonds. The minimum absolute atomic E-state index is 0.0839. The Labute approximate surface area is 122 Å². The highest BCUT2D eigenvalue weighted by Gasteiger charge is 2.31. The molecule has 1 heterocycles. The van der Waals surface area contributed by atoms with E-state index in [1.54, 1.807) is 12.1 Å². The Hall–Kier alpha value is -0.360. The number of halogens is 2. The van der Waals surface area contributed by atoms with Crippen molar-refractivity contribution in [3.05, 3.63) is 33.8 Å². The Morgan fingerprint density at radius 1 is 1.37 bits per heavy atom. The van der Waals surface area contributed by atoms with Gasteiger partial charge in [0.25, 0.3) is 0 Å². The van der Waals surface area contributed by atoms with Gasteiger partial charge in [0.15, 0.2) is 0 Å². The van der Waals surface area contributed by atoms with E-state index in [1.165, 1.54) is 0 Å². The predicted molar refractivity (Wildman–Crippen MR) is 74.9 cm³/mol. The van der Waals surface area contributed by atoms with Crippen molar-refractivity contribution in [3.63, 3.8) is 0 Å². The Bertz CT molecular complexity index is 430. The van der Waals surface area contributed by atoms with Gasteiger partial charge in [-0.15, -0.1) is 0 Å². The van der Waals surface area contributed by atoms with Gasteiger partial charge in [0.2, 0.25) is 0 Å². The van der Waals surface area contributed by atoms with E-state index in [9.17, 15) is 5.11 Å². The first-order chi connectivity index (χ1) is 9.13. The van der Waals surface area contributed by atoms with Gasteiger partial charge in [0, 0.05) is 19.0 Å². The Kier molecular flexibility index (Phi) is 5.45. The fourth-order valence-corrected chi connectivity index (χ4v) is 2.60. The van der Waals surface area contributed by atoms with E-state index in [1.807, 2.05) is 6.07 Å². The van der Waals surface area contributed by atoms with Crippen molar-refractivity contribution in [3.8, 4) is 0 Å². The predicted octanol–water partition coefficient (Wildman–Crippen LogP) is 1.42. The van der Waals surface area contributed by atoms with Crippen molar-refractivity contribution in [1.82, 2.24) is 5.32 Å². The lowest BCUT2D eigenvalue weighted by Gasteiger charge is -2.28.